The molecule has 0 spiro atoms. The molecular weight excluding hydrogens is 228 g/mol. The highest BCUT2D eigenvalue weighted by Gasteiger charge is 2.16. The summed E-state index contributed by atoms with van der Waals surface area (Å²) >= 11 is 3.59. The third kappa shape index (κ3) is 3.02. The van der Waals surface area contributed by atoms with Gasteiger partial charge >= 0.3 is 0 Å². The van der Waals surface area contributed by atoms with E-state index in [0.29, 0.717) is 10.8 Å². The standard InChI is InChI=1S/C6H6N2O2S3/c7-6(11)12-13(9,10)5-2-1-3-8-4-5/h1-4H,(H2,7,11). The number of aromatic nitrogens is 1. The summed E-state index contributed by atoms with van der Waals surface area (Å²) in [5.41, 5.74) is 0. The number of rotatable bonds is 2. The molecule has 13 heavy (non-hydrogen) atoms. The molecule has 0 saturated heterocycles. The molecule has 1 heterocycles. The molecule has 7 heteroatoms. The van der Waals surface area contributed by atoms with Crippen LogP contribution in [0.25, 0.3) is 0 Å². The van der Waals surface area contributed by atoms with E-state index in [1.54, 1.807) is 0 Å². The van der Waals surface area contributed by atoms with Gasteiger partial charge in [0.25, 0.3) is 0 Å². The van der Waals surface area contributed by atoms with E-state index < -0.39 is 8.87 Å². The van der Waals surface area contributed by atoms with Gasteiger partial charge in [-0.3, -0.25) is 10.4 Å². The van der Waals surface area contributed by atoms with Gasteiger partial charge in [0, 0.05) is 23.2 Å². The first-order chi connectivity index (χ1) is 6.02. The fraction of sp³-hybridized carbons (Fsp3) is 0. The van der Waals surface area contributed by atoms with Crippen LogP contribution in [0.5, 0.6) is 0 Å². The minimum atomic E-state index is -3.51. The molecule has 0 aromatic carbocycles. The summed E-state index contributed by atoms with van der Waals surface area (Å²) in [6, 6.07) is 2.95. The highest BCUT2D eigenvalue weighted by atomic mass is 33.1. The van der Waals surface area contributed by atoms with E-state index in [1.807, 2.05) is 0 Å². The maximum Gasteiger partial charge on any atom is 0.237 e. The lowest BCUT2D eigenvalue weighted by Crippen LogP contribution is -1.97. The van der Waals surface area contributed by atoms with Gasteiger partial charge in [0.05, 0.1) is 4.90 Å². The minimum absolute atomic E-state index is 0.0822. The fourth-order valence-corrected chi connectivity index (χ4v) is 3.48. The molecule has 0 amide bonds. The Kier molecular flexibility index (Phi) is 3.34. The lowest BCUT2D eigenvalue weighted by Gasteiger charge is -1.99. The zero-order valence-corrected chi connectivity index (χ0v) is 8.86. The van der Waals surface area contributed by atoms with E-state index in [2.05, 4.69) is 17.6 Å². The van der Waals surface area contributed by atoms with Gasteiger partial charge in [-0.2, -0.15) is 0 Å². The van der Waals surface area contributed by atoms with Gasteiger partial charge in [-0.25, -0.2) is 8.42 Å². The van der Waals surface area contributed by atoms with Crippen molar-refractivity contribution in [3.8, 4) is 0 Å². The topological polar surface area (TPSA) is 70.9 Å². The summed E-state index contributed by atoms with van der Waals surface area (Å²) in [5, 5.41) is 6.93. The lowest BCUT2D eigenvalue weighted by molar-refractivity contribution is 0.610. The van der Waals surface area contributed by atoms with Crippen LogP contribution >= 0.6 is 23.4 Å². The Morgan fingerprint density at radius 3 is 2.77 bits per heavy atom. The van der Waals surface area contributed by atoms with E-state index >= 15 is 0 Å². The van der Waals surface area contributed by atoms with Crippen LogP contribution in [0.4, 0.5) is 0 Å². The average molecular weight is 234 g/mol. The van der Waals surface area contributed by atoms with Crippen molar-refractivity contribution in [2.45, 2.75) is 4.90 Å². The minimum Gasteiger partial charge on any atom is -0.287 e. The number of hydrogen-bond donors (Lipinski definition) is 2. The van der Waals surface area contributed by atoms with Crippen molar-refractivity contribution in [1.82, 2.24) is 4.98 Å². The molecule has 70 valence electrons. The van der Waals surface area contributed by atoms with E-state index in [0.717, 1.165) is 0 Å². The van der Waals surface area contributed by atoms with Crippen molar-refractivity contribution in [2.75, 3.05) is 0 Å². The van der Waals surface area contributed by atoms with Gasteiger partial charge in [0.2, 0.25) is 8.87 Å². The Morgan fingerprint density at radius 2 is 2.31 bits per heavy atom. The van der Waals surface area contributed by atoms with Gasteiger partial charge < -0.3 is 0 Å². The fourth-order valence-electron chi connectivity index (χ4n) is 0.647. The molecule has 0 aliphatic heterocycles. The molecule has 0 atom stereocenters. The lowest BCUT2D eigenvalue weighted by atomic mass is 10.5. The Labute approximate surface area is 85.0 Å². The monoisotopic (exact) mass is 234 g/mol. The molecule has 0 aliphatic carbocycles. The largest absolute Gasteiger partial charge is 0.287 e. The summed E-state index contributed by atoms with van der Waals surface area (Å²) in [6.45, 7) is 0. The quantitative estimate of drug-likeness (QED) is 0.351. The second-order valence-corrected chi connectivity index (χ2v) is 6.55. The summed E-state index contributed by atoms with van der Waals surface area (Å²) < 4.78 is 22.5. The van der Waals surface area contributed by atoms with Gasteiger partial charge in [-0.05, 0) is 12.1 Å². The Balaban J connectivity index is 3.02. The van der Waals surface area contributed by atoms with Crippen LogP contribution in [0.2, 0.25) is 0 Å². The number of nitrogens with zero attached hydrogens (tertiary/aromatic N) is 1. The second-order valence-electron chi connectivity index (χ2n) is 2.03. The molecule has 0 aliphatic rings. The van der Waals surface area contributed by atoms with Crippen molar-refractivity contribution < 1.29 is 8.42 Å². The summed E-state index contributed by atoms with van der Waals surface area (Å²) in [4.78, 5) is 3.75. The molecule has 1 N–H and O–H groups in total. The number of hydrogen-bond acceptors (Lipinski definition) is 5. The Morgan fingerprint density at radius 1 is 1.62 bits per heavy atom. The smallest absolute Gasteiger partial charge is 0.237 e. The predicted molar refractivity (Wildman–Crippen MR) is 55.7 cm³/mol. The summed E-state index contributed by atoms with van der Waals surface area (Å²) in [6.07, 6.45) is 2.72. The molecule has 0 radical (unpaired) electrons. The van der Waals surface area contributed by atoms with E-state index in [4.69, 9.17) is 5.41 Å². The van der Waals surface area contributed by atoms with Crippen molar-refractivity contribution in [3.05, 3.63) is 24.5 Å². The third-order valence-electron chi connectivity index (χ3n) is 1.11. The van der Waals surface area contributed by atoms with Crippen LogP contribution in [0.3, 0.4) is 0 Å². The van der Waals surface area contributed by atoms with Crippen LogP contribution in [0, 0.1) is 5.41 Å². The Hall–Kier alpha value is -0.530. The van der Waals surface area contributed by atoms with Crippen molar-refractivity contribution in [2.24, 2.45) is 0 Å². The summed E-state index contributed by atoms with van der Waals surface area (Å²) in [7, 11) is -3.12. The first-order valence-corrected chi connectivity index (χ1v) is 6.41. The number of pyridine rings is 1. The zero-order chi connectivity index (χ0) is 9.90. The van der Waals surface area contributed by atoms with Gasteiger partial charge in [0.15, 0.2) is 0 Å². The molecule has 1 aromatic rings. The second kappa shape index (κ2) is 4.12. The molecule has 1 rings (SSSR count). The molecule has 0 bridgehead atoms. The highest BCUT2D eigenvalue weighted by molar-refractivity contribution is 8.81. The number of nitrogens with one attached hydrogen (secondary N) is 1. The summed E-state index contributed by atoms with van der Waals surface area (Å²) in [5.74, 6) is 0. The molecule has 0 unspecified atom stereocenters. The van der Waals surface area contributed by atoms with Crippen molar-refractivity contribution in [1.29, 1.82) is 5.41 Å². The van der Waals surface area contributed by atoms with E-state index in [9.17, 15) is 8.42 Å². The molecule has 4 nitrogen and oxygen atoms in total. The van der Waals surface area contributed by atoms with E-state index in [-0.39, 0.29) is 9.27 Å². The highest BCUT2D eigenvalue weighted by Crippen LogP contribution is 2.23. The molecule has 0 fully saturated rings. The van der Waals surface area contributed by atoms with Gasteiger partial charge in [-0.15, -0.1) is 12.6 Å². The molecular formula is C6H6N2O2S3. The van der Waals surface area contributed by atoms with Crippen LogP contribution in [0.15, 0.2) is 29.4 Å². The zero-order valence-electron chi connectivity index (χ0n) is 6.34. The third-order valence-corrected chi connectivity index (χ3v) is 4.69. The SMILES string of the molecule is N=C(S)SS(=O)(=O)c1cccnc1. The maximum atomic E-state index is 11.4. The predicted octanol–water partition coefficient (Wildman–Crippen LogP) is 1.37. The first-order valence-electron chi connectivity index (χ1n) is 3.14. The molecule has 0 saturated carbocycles. The van der Waals surface area contributed by atoms with Crippen molar-refractivity contribution >= 4 is 36.7 Å². The average Bonchev–Trinajstić information content (AvgIpc) is 2.04. The Bertz CT molecular complexity index is 401. The van der Waals surface area contributed by atoms with Crippen LogP contribution in [-0.4, -0.2) is 17.8 Å². The van der Waals surface area contributed by atoms with Gasteiger partial charge in [0.1, 0.15) is 4.38 Å². The van der Waals surface area contributed by atoms with Crippen LogP contribution in [0.1, 0.15) is 0 Å². The van der Waals surface area contributed by atoms with E-state index in [1.165, 1.54) is 24.5 Å². The van der Waals surface area contributed by atoms with Crippen LogP contribution in [-0.2, 0) is 8.87 Å². The van der Waals surface area contributed by atoms with Crippen LogP contribution < -0.4 is 0 Å². The normalized spacial score (nSPS) is 11.2. The maximum absolute atomic E-state index is 11.4. The number of thiol groups is 1. The molecule has 1 aromatic heterocycles. The first kappa shape index (κ1) is 10.6. The van der Waals surface area contributed by atoms with Crippen molar-refractivity contribution in [3.63, 3.8) is 0 Å². The van der Waals surface area contributed by atoms with Gasteiger partial charge in [-0.1, -0.05) is 0 Å².